The summed E-state index contributed by atoms with van der Waals surface area (Å²) in [6, 6.07) is 8.50. The van der Waals surface area contributed by atoms with Crippen molar-refractivity contribution < 1.29 is 46.3 Å². The van der Waals surface area contributed by atoms with Crippen LogP contribution in [0.1, 0.15) is 63.5 Å². The van der Waals surface area contributed by atoms with E-state index in [-0.39, 0.29) is 66.0 Å². The number of aryl methyl sites for hydroxylation is 1. The van der Waals surface area contributed by atoms with Gasteiger partial charge in [0.25, 0.3) is 0 Å². The van der Waals surface area contributed by atoms with Gasteiger partial charge in [0.15, 0.2) is 10.6 Å². The van der Waals surface area contributed by atoms with Crippen LogP contribution in [-0.4, -0.2) is 44.4 Å². The van der Waals surface area contributed by atoms with Gasteiger partial charge in [0.1, 0.15) is 0 Å². The van der Waals surface area contributed by atoms with Crippen molar-refractivity contribution in [1.29, 1.82) is 0 Å². The third-order valence-electron chi connectivity index (χ3n) is 5.89. The largest absolute Gasteiger partial charge is 0.674 e. The number of fused-ring (bicyclic) bond motifs is 1. The smallest absolute Gasteiger partial charge is 0.303 e. The Balaban J connectivity index is -0.000000156. The predicted octanol–water partition coefficient (Wildman–Crippen LogP) is 8.22. The monoisotopic (exact) mass is 819 g/mol. The Morgan fingerprint density at radius 1 is 1.05 bits per heavy atom. The van der Waals surface area contributed by atoms with Crippen molar-refractivity contribution in [2.24, 2.45) is 19.7 Å². The van der Waals surface area contributed by atoms with Gasteiger partial charge in [-0.3, -0.25) is 14.6 Å². The minimum Gasteiger partial charge on any atom is -0.674 e. The van der Waals surface area contributed by atoms with Gasteiger partial charge in [0, 0.05) is 52.1 Å². The van der Waals surface area contributed by atoms with Crippen molar-refractivity contribution in [2.75, 3.05) is 5.75 Å². The number of rotatable bonds is 9. The zero-order valence-electron chi connectivity index (χ0n) is 25.9. The molecule has 3 rings (SSSR count). The zero-order valence-corrected chi connectivity index (χ0v) is 29.0. The quantitative estimate of drug-likeness (QED) is 0.142. The Kier molecular flexibility index (Phi) is 32.7. The van der Waals surface area contributed by atoms with E-state index in [2.05, 4.69) is 63.4 Å². The summed E-state index contributed by atoms with van der Waals surface area (Å²) in [5.74, 6) is -1.49. The summed E-state index contributed by atoms with van der Waals surface area (Å²) in [5, 5.41) is 17.0. The van der Waals surface area contributed by atoms with Crippen molar-refractivity contribution >= 4 is 39.5 Å². The van der Waals surface area contributed by atoms with Gasteiger partial charge in [-0.05, 0) is 24.1 Å². The molecule has 0 amide bonds. The van der Waals surface area contributed by atoms with Crippen molar-refractivity contribution in [3.8, 4) is 0 Å². The Labute approximate surface area is 276 Å². The summed E-state index contributed by atoms with van der Waals surface area (Å²) in [6.45, 7) is 9.41. The van der Waals surface area contributed by atoms with Gasteiger partial charge >= 0.3 is 11.9 Å². The van der Waals surface area contributed by atoms with Crippen molar-refractivity contribution in [1.82, 2.24) is 4.98 Å². The molecule has 0 bridgehead atoms. The number of carboxylic acid groups (broad SMARTS) is 2. The molecular formula is C29H46N5O8PtS-3. The molecule has 1 aliphatic rings. The first kappa shape index (κ1) is 50.4. The van der Waals surface area contributed by atoms with E-state index in [1.165, 1.54) is 42.7 Å². The van der Waals surface area contributed by atoms with Crippen LogP contribution in [0.3, 0.4) is 0 Å². The molecule has 13 nitrogen and oxygen atoms in total. The van der Waals surface area contributed by atoms with Crippen LogP contribution in [0.25, 0.3) is 22.7 Å². The molecule has 1 aliphatic carbocycles. The summed E-state index contributed by atoms with van der Waals surface area (Å²) in [5.41, 5.74) is 11.0. The first-order valence-electron chi connectivity index (χ1n) is 12.6. The molecule has 0 aliphatic heterocycles. The van der Waals surface area contributed by atoms with Gasteiger partial charge in [-0.2, -0.15) is 0 Å². The molecule has 2 aromatic rings. The summed E-state index contributed by atoms with van der Waals surface area (Å²) < 4.78 is 6.75. The third kappa shape index (κ3) is 19.9. The van der Waals surface area contributed by atoms with E-state index in [1.807, 2.05) is 18.3 Å². The van der Waals surface area contributed by atoms with Crippen LogP contribution >= 0.6 is 10.6 Å². The zero-order chi connectivity index (χ0) is 30.6. The first-order chi connectivity index (χ1) is 19.0. The Morgan fingerprint density at radius 2 is 1.57 bits per heavy atom. The molecule has 1 aromatic heterocycles. The molecule has 254 valence electrons. The van der Waals surface area contributed by atoms with Gasteiger partial charge in [-0.25, -0.2) is 0 Å². The number of carboxylic acids is 2. The van der Waals surface area contributed by atoms with E-state index < -0.39 is 22.5 Å². The van der Waals surface area contributed by atoms with Gasteiger partial charge in [0.05, 0.1) is 18.4 Å². The van der Waals surface area contributed by atoms with E-state index in [0.29, 0.717) is 5.92 Å². The topological polar surface area (TPSA) is 231 Å². The first-order valence-corrected chi connectivity index (χ1v) is 14.3. The van der Waals surface area contributed by atoms with E-state index in [4.69, 9.17) is 15.9 Å². The minimum absolute atomic E-state index is 0. The normalized spacial score (nSPS) is 15.0. The average molecular weight is 820 g/mol. The number of allylic oxidation sites excluding steroid dienone is 2. The number of aliphatic carboxylic acids is 2. The number of pyridine rings is 1. The van der Waals surface area contributed by atoms with Gasteiger partial charge in [-0.15, -0.1) is 20.8 Å². The van der Waals surface area contributed by atoms with E-state index in [1.54, 1.807) is 6.08 Å². The van der Waals surface area contributed by atoms with Crippen LogP contribution in [0.4, 0.5) is 0 Å². The van der Waals surface area contributed by atoms with Crippen LogP contribution in [0, 0.1) is 42.4 Å². The van der Waals surface area contributed by atoms with E-state index >= 15 is 0 Å². The summed E-state index contributed by atoms with van der Waals surface area (Å²) in [4.78, 5) is 52.8. The molecule has 0 radical (unpaired) electrons. The molecule has 1 saturated carbocycles. The molecule has 0 spiro atoms. The summed E-state index contributed by atoms with van der Waals surface area (Å²) in [6.07, 6.45) is 12.1. The maximum Gasteiger partial charge on any atom is 0.303 e. The third-order valence-corrected chi connectivity index (χ3v) is 7.38. The second kappa shape index (κ2) is 28.6. The molecule has 1 aromatic carbocycles. The molecule has 0 saturated heterocycles. The van der Waals surface area contributed by atoms with Gasteiger partial charge < -0.3 is 36.3 Å². The Hall–Kier alpha value is -3.19. The fourth-order valence-corrected chi connectivity index (χ4v) is 3.79. The van der Waals surface area contributed by atoms with Crippen molar-refractivity contribution in [3.05, 3.63) is 95.6 Å². The fraction of sp³-hybridized carbons (Fsp3) is 0.414. The van der Waals surface area contributed by atoms with Crippen LogP contribution in [0.5, 0.6) is 0 Å². The number of nitroso groups, excluding NO2 is 3. The number of aromatic nitrogens is 1. The molecular weight excluding hydrogens is 773 g/mol. The molecule has 0 unspecified atom stereocenters. The van der Waals surface area contributed by atoms with Crippen LogP contribution in [0.2, 0.25) is 0 Å². The SMILES string of the molecule is C=C/C=C\c1ccc2cccnc2c1C.CCS(N=O)(N=O)N=O.C[C@H]1CCCC[C@@H]1[NH-].O.O=C(O)CCC(=O)O.[CH3-].[CH3-].[Pt]. The summed E-state index contributed by atoms with van der Waals surface area (Å²) in [7, 11) is -2.94. The van der Waals surface area contributed by atoms with E-state index in [9.17, 15) is 24.3 Å². The van der Waals surface area contributed by atoms with Gasteiger partial charge in [-0.1, -0.05) is 88.5 Å². The molecule has 5 N–H and O–H groups in total. The Bertz CT molecular complexity index is 1120. The average Bonchev–Trinajstić information content (AvgIpc) is 2.96. The second-order valence-corrected chi connectivity index (χ2v) is 11.0. The number of hydrogen-bond acceptors (Lipinski definition) is 9. The number of nitrogens with one attached hydrogen (secondary N) is 1. The molecule has 1 heterocycles. The predicted molar refractivity (Wildman–Crippen MR) is 178 cm³/mol. The number of hydrogen-bond donors (Lipinski definition) is 2. The van der Waals surface area contributed by atoms with Crippen LogP contribution in [-0.2, 0) is 30.7 Å². The summed E-state index contributed by atoms with van der Waals surface area (Å²) >= 11 is 0. The van der Waals surface area contributed by atoms with Crippen LogP contribution < -0.4 is 0 Å². The number of nitrogens with zero attached hydrogens (tertiary/aromatic N) is 4. The Morgan fingerprint density at radius 3 is 1.93 bits per heavy atom. The van der Waals surface area contributed by atoms with Crippen molar-refractivity contribution in [3.63, 3.8) is 0 Å². The molecule has 1 fully saturated rings. The minimum atomic E-state index is -2.94. The van der Waals surface area contributed by atoms with E-state index in [0.717, 1.165) is 11.9 Å². The standard InChI is InChI=1S/C14H13N.C7H14N.C4H6O4.C2H5N3O3S.2CH3.H2O.Pt/c1-3-4-6-12-8-9-13-7-5-10-15-14(13)11(12)2;1-6-4-2-3-5-7(6)8;5-3(6)1-2-4(7)8;1-2-9(3-6,4-7)5-8;;;;/h3-10H,1H2,2H3;6-8H,2-5H2,1H3;1-2H2,(H,5,6)(H,7,8);2H2,1H3;2*1H3;1H2;/q;-1;;;2*-1;;/b6-4-;;;;;;;/t;6-,7-;;;;;;/m.0....../s1. The van der Waals surface area contributed by atoms with Gasteiger partial charge in [0.2, 0.25) is 0 Å². The maximum absolute atomic E-state index is 9.72. The number of carbonyl (C=O) groups is 2. The maximum atomic E-state index is 9.72. The molecule has 15 heteroatoms. The number of benzene rings is 1. The fourth-order valence-electron chi connectivity index (χ4n) is 3.39. The molecule has 44 heavy (non-hydrogen) atoms. The van der Waals surface area contributed by atoms with Crippen molar-refractivity contribution in [2.45, 2.75) is 65.3 Å². The second-order valence-electron chi connectivity index (χ2n) is 8.75. The molecule has 2 atom stereocenters. The van der Waals surface area contributed by atoms with Crippen LogP contribution in [0.15, 0.2) is 62.9 Å².